The molecular weight excluding hydrogens is 398 g/mol. The second-order valence-electron chi connectivity index (χ2n) is 8.25. The minimum atomic E-state index is -3.72. The van der Waals surface area contributed by atoms with Crippen molar-refractivity contribution < 1.29 is 13.2 Å². The molecule has 7 heteroatoms. The molecule has 1 aliphatic rings. The summed E-state index contributed by atoms with van der Waals surface area (Å²) in [4.78, 5) is 15.1. The number of aryl methyl sites for hydroxylation is 1. The second kappa shape index (κ2) is 9.18. The Balaban J connectivity index is 1.64. The number of sulfonamides is 1. The first-order valence-electron chi connectivity index (χ1n) is 10.4. The number of hydrogen-bond acceptors (Lipinski definition) is 4. The zero-order chi connectivity index (χ0) is 21.9. The van der Waals surface area contributed by atoms with Crippen molar-refractivity contribution in [2.24, 2.45) is 0 Å². The van der Waals surface area contributed by atoms with E-state index in [4.69, 9.17) is 0 Å². The van der Waals surface area contributed by atoms with E-state index in [0.717, 1.165) is 37.1 Å². The minimum absolute atomic E-state index is 0.130. The Hall–Kier alpha value is -2.38. The van der Waals surface area contributed by atoms with Crippen molar-refractivity contribution in [3.8, 4) is 0 Å². The molecule has 162 valence electrons. The molecule has 1 heterocycles. The van der Waals surface area contributed by atoms with E-state index in [1.165, 1.54) is 12.1 Å². The normalized spacial score (nSPS) is 15.9. The van der Waals surface area contributed by atoms with E-state index in [9.17, 15) is 13.2 Å². The molecule has 0 spiro atoms. The molecule has 1 amide bonds. The average molecular weight is 430 g/mol. The molecule has 0 bridgehead atoms. The molecule has 6 nitrogen and oxygen atoms in total. The summed E-state index contributed by atoms with van der Waals surface area (Å²) >= 11 is 0. The van der Waals surface area contributed by atoms with Gasteiger partial charge in [-0.1, -0.05) is 12.1 Å². The van der Waals surface area contributed by atoms with E-state index in [1.807, 2.05) is 26.0 Å². The zero-order valence-electron chi connectivity index (χ0n) is 18.1. The number of anilines is 1. The summed E-state index contributed by atoms with van der Waals surface area (Å²) in [6.45, 7) is 10.1. The third-order valence-corrected chi connectivity index (χ3v) is 7.25. The summed E-state index contributed by atoms with van der Waals surface area (Å²) in [5, 5.41) is 3.08. The lowest BCUT2D eigenvalue weighted by Gasteiger charge is -2.34. The Labute approximate surface area is 179 Å². The van der Waals surface area contributed by atoms with E-state index < -0.39 is 10.0 Å². The Morgan fingerprint density at radius 2 is 1.67 bits per heavy atom. The van der Waals surface area contributed by atoms with Gasteiger partial charge in [0.25, 0.3) is 15.9 Å². The number of carbonyl (C=O) groups is 1. The van der Waals surface area contributed by atoms with Crippen LogP contribution in [0.15, 0.2) is 47.4 Å². The van der Waals surface area contributed by atoms with Crippen LogP contribution >= 0.6 is 0 Å². The van der Waals surface area contributed by atoms with E-state index in [2.05, 4.69) is 28.8 Å². The lowest BCUT2D eigenvalue weighted by Crippen LogP contribution is -2.46. The van der Waals surface area contributed by atoms with Crippen LogP contribution in [0.1, 0.15) is 48.2 Å². The fourth-order valence-electron chi connectivity index (χ4n) is 3.68. The van der Waals surface area contributed by atoms with Gasteiger partial charge in [-0.2, -0.15) is 0 Å². The molecule has 0 radical (unpaired) electrons. The second-order valence-corrected chi connectivity index (χ2v) is 9.94. The van der Waals surface area contributed by atoms with Crippen LogP contribution < -0.4 is 10.0 Å². The van der Waals surface area contributed by atoms with Crippen LogP contribution in [-0.2, 0) is 10.0 Å². The van der Waals surface area contributed by atoms with Crippen LogP contribution in [0.5, 0.6) is 0 Å². The lowest BCUT2D eigenvalue weighted by molar-refractivity contribution is 0.0900. The van der Waals surface area contributed by atoms with Gasteiger partial charge in [0.15, 0.2) is 0 Å². The van der Waals surface area contributed by atoms with Gasteiger partial charge in [-0.3, -0.25) is 9.52 Å². The molecule has 0 unspecified atom stereocenters. The van der Waals surface area contributed by atoms with Crippen molar-refractivity contribution in [1.29, 1.82) is 0 Å². The molecule has 2 aromatic rings. The first-order chi connectivity index (χ1) is 14.2. The summed E-state index contributed by atoms with van der Waals surface area (Å²) in [5.74, 6) is -0.163. The fraction of sp³-hybridized carbons (Fsp3) is 0.435. The highest BCUT2D eigenvalue weighted by Crippen LogP contribution is 2.22. The standard InChI is InChI=1S/C23H31N3O3S/c1-16(2)26-14-12-20(13-15-26)24-23(27)19-8-10-21(11-9-19)30(28,29)25-22-7-5-6-17(3)18(22)4/h5-11,16,20,25H,12-15H2,1-4H3,(H,24,27). The average Bonchev–Trinajstić information content (AvgIpc) is 2.72. The Bertz CT molecular complexity index is 993. The van der Waals surface area contributed by atoms with Gasteiger partial charge in [-0.05, 0) is 82.0 Å². The number of amides is 1. The number of likely N-dealkylation sites (tertiary alicyclic amines) is 1. The van der Waals surface area contributed by atoms with E-state index in [1.54, 1.807) is 18.2 Å². The number of hydrogen-bond donors (Lipinski definition) is 2. The van der Waals surface area contributed by atoms with Gasteiger partial charge in [-0.25, -0.2) is 8.42 Å². The monoisotopic (exact) mass is 429 g/mol. The van der Waals surface area contributed by atoms with Gasteiger partial charge in [0.1, 0.15) is 0 Å². The van der Waals surface area contributed by atoms with Crippen molar-refractivity contribution in [2.45, 2.75) is 57.5 Å². The van der Waals surface area contributed by atoms with Gasteiger partial charge in [0.05, 0.1) is 10.6 Å². The number of piperidine rings is 1. The quantitative estimate of drug-likeness (QED) is 0.734. The fourth-order valence-corrected chi connectivity index (χ4v) is 4.80. The van der Waals surface area contributed by atoms with E-state index >= 15 is 0 Å². The smallest absolute Gasteiger partial charge is 0.261 e. The van der Waals surface area contributed by atoms with Crippen molar-refractivity contribution in [3.63, 3.8) is 0 Å². The van der Waals surface area contributed by atoms with Crippen molar-refractivity contribution >= 4 is 21.6 Å². The zero-order valence-corrected chi connectivity index (χ0v) is 18.9. The van der Waals surface area contributed by atoms with Crippen LogP contribution in [0.25, 0.3) is 0 Å². The topological polar surface area (TPSA) is 78.5 Å². The van der Waals surface area contributed by atoms with Crippen LogP contribution in [0.4, 0.5) is 5.69 Å². The number of nitrogens with one attached hydrogen (secondary N) is 2. The first kappa shape index (κ1) is 22.3. The number of benzene rings is 2. The van der Waals surface area contributed by atoms with Crippen molar-refractivity contribution in [3.05, 3.63) is 59.2 Å². The maximum absolute atomic E-state index is 12.7. The Morgan fingerprint density at radius 3 is 2.27 bits per heavy atom. The molecule has 2 N–H and O–H groups in total. The minimum Gasteiger partial charge on any atom is -0.349 e. The molecular formula is C23H31N3O3S. The number of carbonyl (C=O) groups excluding carboxylic acids is 1. The van der Waals surface area contributed by atoms with Crippen molar-refractivity contribution in [1.82, 2.24) is 10.2 Å². The Morgan fingerprint density at radius 1 is 1.03 bits per heavy atom. The number of rotatable bonds is 6. The first-order valence-corrected chi connectivity index (χ1v) is 11.9. The van der Waals surface area contributed by atoms with Crippen molar-refractivity contribution in [2.75, 3.05) is 17.8 Å². The highest BCUT2D eigenvalue weighted by molar-refractivity contribution is 7.92. The van der Waals surface area contributed by atoms with Gasteiger partial charge in [0.2, 0.25) is 0 Å². The van der Waals surface area contributed by atoms with Crippen LogP contribution in [0.3, 0.4) is 0 Å². The van der Waals surface area contributed by atoms with E-state index in [0.29, 0.717) is 17.3 Å². The lowest BCUT2D eigenvalue weighted by atomic mass is 10.0. The van der Waals surface area contributed by atoms with Crippen LogP contribution in [0.2, 0.25) is 0 Å². The molecule has 3 rings (SSSR count). The summed E-state index contributed by atoms with van der Waals surface area (Å²) in [6.07, 6.45) is 1.85. The Kier molecular flexibility index (Phi) is 6.83. The SMILES string of the molecule is Cc1cccc(NS(=O)(=O)c2ccc(C(=O)NC3CCN(C(C)C)CC3)cc2)c1C. The molecule has 0 aromatic heterocycles. The molecule has 30 heavy (non-hydrogen) atoms. The summed E-state index contributed by atoms with van der Waals surface area (Å²) in [7, 11) is -3.72. The molecule has 1 aliphatic heterocycles. The van der Waals surface area contributed by atoms with Gasteiger partial charge in [-0.15, -0.1) is 0 Å². The van der Waals surface area contributed by atoms with Crippen LogP contribution in [-0.4, -0.2) is 44.4 Å². The highest BCUT2D eigenvalue weighted by atomic mass is 32.2. The summed E-state index contributed by atoms with van der Waals surface area (Å²) < 4.78 is 28.1. The summed E-state index contributed by atoms with van der Waals surface area (Å²) in [5.41, 5.74) is 2.93. The van der Waals surface area contributed by atoms with Crippen LogP contribution in [0, 0.1) is 13.8 Å². The largest absolute Gasteiger partial charge is 0.349 e. The molecule has 0 atom stereocenters. The maximum Gasteiger partial charge on any atom is 0.261 e. The molecule has 0 aliphatic carbocycles. The molecule has 0 saturated carbocycles. The number of nitrogens with zero attached hydrogens (tertiary/aromatic N) is 1. The predicted molar refractivity (Wildman–Crippen MR) is 120 cm³/mol. The molecule has 1 saturated heterocycles. The third-order valence-electron chi connectivity index (χ3n) is 5.87. The molecule has 2 aromatic carbocycles. The highest BCUT2D eigenvalue weighted by Gasteiger charge is 2.23. The maximum atomic E-state index is 12.7. The van der Waals surface area contributed by atoms with Gasteiger partial charge < -0.3 is 10.2 Å². The third kappa shape index (κ3) is 5.21. The summed E-state index contributed by atoms with van der Waals surface area (Å²) in [6, 6.07) is 12.3. The van der Waals surface area contributed by atoms with Gasteiger partial charge in [0, 0.05) is 30.7 Å². The van der Waals surface area contributed by atoms with E-state index in [-0.39, 0.29) is 16.8 Å². The molecule has 1 fully saturated rings. The van der Waals surface area contributed by atoms with Gasteiger partial charge >= 0.3 is 0 Å². The predicted octanol–water partition coefficient (Wildman–Crippen LogP) is 3.71.